The zero-order valence-electron chi connectivity index (χ0n) is 11.9. The van der Waals surface area contributed by atoms with Crippen LogP contribution in [0.1, 0.15) is 19.8 Å². The lowest BCUT2D eigenvalue weighted by Gasteiger charge is -2.30. The van der Waals surface area contributed by atoms with Crippen molar-refractivity contribution in [2.45, 2.75) is 25.8 Å². The van der Waals surface area contributed by atoms with Crippen LogP contribution in [0.3, 0.4) is 0 Å². The van der Waals surface area contributed by atoms with E-state index in [2.05, 4.69) is 22.1 Å². The Hall–Kier alpha value is -2.15. The molecule has 0 spiro atoms. The minimum Gasteiger partial charge on any atom is -0.424 e. The lowest BCUT2D eigenvalue weighted by molar-refractivity contribution is -0.384. The second-order valence-corrected chi connectivity index (χ2v) is 5.28. The second kappa shape index (κ2) is 5.69. The van der Waals surface area contributed by atoms with E-state index in [9.17, 15) is 10.1 Å². The van der Waals surface area contributed by atoms with Gasteiger partial charge in [0.2, 0.25) is 0 Å². The van der Waals surface area contributed by atoms with Crippen molar-refractivity contribution >= 4 is 22.8 Å². The van der Waals surface area contributed by atoms with Gasteiger partial charge in [0.05, 0.1) is 4.92 Å². The van der Waals surface area contributed by atoms with Crippen LogP contribution in [0.25, 0.3) is 11.1 Å². The van der Waals surface area contributed by atoms with Gasteiger partial charge in [0.1, 0.15) is 5.52 Å². The van der Waals surface area contributed by atoms with Gasteiger partial charge >= 0.3 is 0 Å². The van der Waals surface area contributed by atoms with Gasteiger partial charge in [-0.3, -0.25) is 10.1 Å². The predicted octanol–water partition coefficient (Wildman–Crippen LogP) is 2.63. The number of nitro benzene ring substituents is 1. The first-order valence-electron chi connectivity index (χ1n) is 7.19. The predicted molar refractivity (Wildman–Crippen MR) is 79.4 cm³/mol. The molecule has 0 unspecified atom stereocenters. The molecule has 1 aromatic carbocycles. The minimum atomic E-state index is -0.429. The molecule has 2 aromatic rings. The fourth-order valence-electron chi connectivity index (χ4n) is 2.66. The minimum absolute atomic E-state index is 0.0265. The Kier molecular flexibility index (Phi) is 3.74. The Morgan fingerprint density at radius 3 is 2.90 bits per heavy atom. The number of piperidine rings is 1. The van der Waals surface area contributed by atoms with Crippen LogP contribution in [0, 0.1) is 10.1 Å². The number of nitro groups is 1. The van der Waals surface area contributed by atoms with E-state index in [1.165, 1.54) is 12.1 Å². The molecule has 7 heteroatoms. The summed E-state index contributed by atoms with van der Waals surface area (Å²) in [7, 11) is 0. The van der Waals surface area contributed by atoms with Crippen LogP contribution >= 0.6 is 0 Å². The summed E-state index contributed by atoms with van der Waals surface area (Å²) in [5, 5.41) is 14.0. The van der Waals surface area contributed by atoms with Crippen LogP contribution in [0.5, 0.6) is 0 Å². The van der Waals surface area contributed by atoms with Gasteiger partial charge in [-0.2, -0.15) is 4.98 Å². The molecule has 1 aromatic heterocycles. The van der Waals surface area contributed by atoms with Gasteiger partial charge in [0, 0.05) is 31.3 Å². The summed E-state index contributed by atoms with van der Waals surface area (Å²) in [5.41, 5.74) is 1.10. The van der Waals surface area contributed by atoms with Crippen LogP contribution in [-0.2, 0) is 0 Å². The van der Waals surface area contributed by atoms with Crippen LogP contribution in [-0.4, -0.2) is 40.5 Å². The number of likely N-dealkylation sites (tertiary alicyclic amines) is 1. The fraction of sp³-hybridized carbons (Fsp3) is 0.500. The topological polar surface area (TPSA) is 84.4 Å². The molecule has 112 valence electrons. The summed E-state index contributed by atoms with van der Waals surface area (Å²) in [4.78, 5) is 17.0. The fourth-order valence-corrected chi connectivity index (χ4v) is 2.66. The number of rotatable bonds is 4. The number of nitrogens with zero attached hydrogens (tertiary/aromatic N) is 3. The van der Waals surface area contributed by atoms with Crippen molar-refractivity contribution in [3.8, 4) is 0 Å². The molecule has 0 aliphatic carbocycles. The highest BCUT2D eigenvalue weighted by atomic mass is 16.6. The van der Waals surface area contributed by atoms with Crippen molar-refractivity contribution in [1.82, 2.24) is 9.88 Å². The largest absolute Gasteiger partial charge is 0.424 e. The molecule has 0 saturated carbocycles. The molecule has 0 radical (unpaired) electrons. The molecule has 1 aliphatic heterocycles. The molecule has 1 N–H and O–H groups in total. The Morgan fingerprint density at radius 2 is 2.24 bits per heavy atom. The number of anilines is 1. The smallest absolute Gasteiger partial charge is 0.295 e. The van der Waals surface area contributed by atoms with Crippen molar-refractivity contribution in [3.63, 3.8) is 0 Å². The maximum atomic E-state index is 10.8. The molecule has 0 amide bonds. The van der Waals surface area contributed by atoms with Gasteiger partial charge in [0.25, 0.3) is 11.7 Å². The van der Waals surface area contributed by atoms with Crippen LogP contribution in [0.2, 0.25) is 0 Å². The summed E-state index contributed by atoms with van der Waals surface area (Å²) in [6, 6.07) is 5.24. The molecule has 1 fully saturated rings. The van der Waals surface area contributed by atoms with E-state index in [0.29, 0.717) is 23.2 Å². The summed E-state index contributed by atoms with van der Waals surface area (Å²) >= 11 is 0. The van der Waals surface area contributed by atoms with Crippen molar-refractivity contribution in [1.29, 1.82) is 0 Å². The molecule has 1 aliphatic rings. The SMILES string of the molecule is CCN1CCC(Nc2nc3cc([N+](=O)[O-])ccc3o2)CC1. The van der Waals surface area contributed by atoms with E-state index < -0.39 is 4.92 Å². The first kappa shape index (κ1) is 13.8. The number of oxazole rings is 1. The van der Waals surface area contributed by atoms with E-state index in [1.807, 2.05) is 0 Å². The zero-order chi connectivity index (χ0) is 14.8. The quantitative estimate of drug-likeness (QED) is 0.688. The molecule has 3 rings (SSSR count). The van der Waals surface area contributed by atoms with E-state index in [0.717, 1.165) is 32.5 Å². The van der Waals surface area contributed by atoms with E-state index >= 15 is 0 Å². The highest BCUT2D eigenvalue weighted by Crippen LogP contribution is 2.25. The Bertz CT molecular complexity index is 647. The second-order valence-electron chi connectivity index (χ2n) is 5.28. The lowest BCUT2D eigenvalue weighted by Crippen LogP contribution is -2.38. The Balaban J connectivity index is 1.71. The highest BCUT2D eigenvalue weighted by Gasteiger charge is 2.20. The number of nitrogens with one attached hydrogen (secondary N) is 1. The third kappa shape index (κ3) is 2.97. The summed E-state index contributed by atoms with van der Waals surface area (Å²) in [5.74, 6) is 0. The molecule has 7 nitrogen and oxygen atoms in total. The van der Waals surface area contributed by atoms with Gasteiger partial charge in [-0.05, 0) is 25.5 Å². The summed E-state index contributed by atoms with van der Waals surface area (Å²) < 4.78 is 5.60. The van der Waals surface area contributed by atoms with Gasteiger partial charge in [-0.25, -0.2) is 0 Å². The number of benzene rings is 1. The first-order valence-corrected chi connectivity index (χ1v) is 7.19. The third-order valence-corrected chi connectivity index (χ3v) is 3.94. The van der Waals surface area contributed by atoms with Gasteiger partial charge in [0.15, 0.2) is 5.58 Å². The number of hydrogen-bond donors (Lipinski definition) is 1. The lowest BCUT2D eigenvalue weighted by atomic mass is 10.1. The maximum Gasteiger partial charge on any atom is 0.295 e. The van der Waals surface area contributed by atoms with Gasteiger partial charge in [-0.1, -0.05) is 6.92 Å². The van der Waals surface area contributed by atoms with Crippen molar-refractivity contribution in [2.24, 2.45) is 0 Å². The number of fused-ring (bicyclic) bond motifs is 1. The van der Waals surface area contributed by atoms with Crippen LogP contribution in [0.4, 0.5) is 11.7 Å². The average Bonchev–Trinajstić information content (AvgIpc) is 2.89. The van der Waals surface area contributed by atoms with Crippen molar-refractivity contribution in [3.05, 3.63) is 28.3 Å². The zero-order valence-corrected chi connectivity index (χ0v) is 11.9. The molecular weight excluding hydrogens is 272 g/mol. The molecule has 0 bridgehead atoms. The van der Waals surface area contributed by atoms with E-state index in [-0.39, 0.29) is 5.69 Å². The normalized spacial score (nSPS) is 17.2. The summed E-state index contributed by atoms with van der Waals surface area (Å²) in [6.45, 7) is 5.39. The summed E-state index contributed by atoms with van der Waals surface area (Å²) in [6.07, 6.45) is 2.10. The highest BCUT2D eigenvalue weighted by molar-refractivity contribution is 5.77. The van der Waals surface area contributed by atoms with E-state index in [1.54, 1.807) is 6.07 Å². The molecule has 1 saturated heterocycles. The average molecular weight is 290 g/mol. The van der Waals surface area contributed by atoms with Gasteiger partial charge < -0.3 is 14.6 Å². The monoisotopic (exact) mass is 290 g/mol. The van der Waals surface area contributed by atoms with Crippen LogP contribution < -0.4 is 5.32 Å². The van der Waals surface area contributed by atoms with Crippen LogP contribution in [0.15, 0.2) is 22.6 Å². The molecule has 21 heavy (non-hydrogen) atoms. The number of hydrogen-bond acceptors (Lipinski definition) is 6. The Morgan fingerprint density at radius 1 is 1.48 bits per heavy atom. The molecular formula is C14H18N4O3. The maximum absolute atomic E-state index is 10.8. The number of aromatic nitrogens is 1. The Labute approximate surface area is 122 Å². The molecule has 0 atom stereocenters. The third-order valence-electron chi connectivity index (χ3n) is 3.94. The molecule has 2 heterocycles. The van der Waals surface area contributed by atoms with Crippen molar-refractivity contribution < 1.29 is 9.34 Å². The first-order chi connectivity index (χ1) is 10.2. The standard InChI is InChI=1S/C14H18N4O3/c1-2-17-7-5-10(6-8-17)15-14-16-12-9-11(18(19)20)3-4-13(12)21-14/h3-4,9-10H,2,5-8H2,1H3,(H,15,16). The number of non-ortho nitro benzene ring substituents is 1. The van der Waals surface area contributed by atoms with Gasteiger partial charge in [-0.15, -0.1) is 0 Å². The van der Waals surface area contributed by atoms with E-state index in [4.69, 9.17) is 4.42 Å². The van der Waals surface area contributed by atoms with Crippen molar-refractivity contribution in [2.75, 3.05) is 25.0 Å².